The van der Waals surface area contributed by atoms with Crippen molar-refractivity contribution in [3.63, 3.8) is 0 Å². The Morgan fingerprint density at radius 3 is 2.58 bits per heavy atom. The summed E-state index contributed by atoms with van der Waals surface area (Å²) in [5.74, 6) is 0.842. The first-order chi connectivity index (χ1) is 11.1. The van der Waals surface area contributed by atoms with Crippen molar-refractivity contribution in [2.24, 2.45) is 16.6 Å². The fourth-order valence-corrected chi connectivity index (χ4v) is 2.82. The van der Waals surface area contributed by atoms with Gasteiger partial charge in [-0.2, -0.15) is 0 Å². The molecule has 1 atom stereocenters. The highest BCUT2D eigenvalue weighted by Gasteiger charge is 2.23. The van der Waals surface area contributed by atoms with E-state index in [1.165, 1.54) is 0 Å². The Hall–Kier alpha value is -0.770. The smallest absolute Gasteiger partial charge is 0.409 e. The summed E-state index contributed by atoms with van der Waals surface area (Å²) in [5.41, 5.74) is 5.96. The van der Waals surface area contributed by atoms with Crippen molar-refractivity contribution in [3.05, 3.63) is 0 Å². The van der Waals surface area contributed by atoms with Gasteiger partial charge >= 0.3 is 6.09 Å². The van der Waals surface area contributed by atoms with Gasteiger partial charge in [0.05, 0.1) is 6.61 Å². The van der Waals surface area contributed by atoms with E-state index in [2.05, 4.69) is 17.2 Å². The van der Waals surface area contributed by atoms with Crippen LogP contribution in [0.5, 0.6) is 0 Å². The van der Waals surface area contributed by atoms with E-state index in [1.807, 2.05) is 6.92 Å². The Labute approximate surface area is 162 Å². The van der Waals surface area contributed by atoms with Gasteiger partial charge in [0.25, 0.3) is 0 Å². The second-order valence-electron chi connectivity index (χ2n) is 6.00. The Morgan fingerprint density at radius 1 is 1.38 bits per heavy atom. The van der Waals surface area contributed by atoms with Gasteiger partial charge in [0.1, 0.15) is 0 Å². The monoisotopic (exact) mass is 456 g/mol. The number of carbonyl (C=O) groups is 1. The minimum atomic E-state index is -0.237. The summed E-state index contributed by atoms with van der Waals surface area (Å²) in [6, 6.07) is 0.242. The summed E-state index contributed by atoms with van der Waals surface area (Å²) in [5, 5.41) is 12.3. The molecule has 0 radical (unpaired) electrons. The number of aliphatic hydroxyl groups excluding tert-OH is 1. The van der Waals surface area contributed by atoms with Gasteiger partial charge in [-0.05, 0) is 38.5 Å². The zero-order valence-electron chi connectivity index (χ0n) is 14.9. The number of guanidine groups is 1. The molecule has 1 aliphatic rings. The summed E-state index contributed by atoms with van der Waals surface area (Å²) in [6.07, 6.45) is 4.34. The molecule has 1 fully saturated rings. The average molecular weight is 456 g/mol. The third kappa shape index (κ3) is 8.91. The summed E-state index contributed by atoms with van der Waals surface area (Å²) >= 11 is 0. The van der Waals surface area contributed by atoms with Crippen LogP contribution in [-0.4, -0.2) is 60.9 Å². The van der Waals surface area contributed by atoms with Gasteiger partial charge < -0.3 is 25.8 Å². The first-order valence-electron chi connectivity index (χ1n) is 8.69. The van der Waals surface area contributed by atoms with Gasteiger partial charge in [0.2, 0.25) is 0 Å². The number of hydrogen-bond donors (Lipinski definition) is 3. The predicted octanol–water partition coefficient (Wildman–Crippen LogP) is 1.93. The Morgan fingerprint density at radius 2 is 2.04 bits per heavy atom. The fraction of sp³-hybridized carbons (Fsp3) is 0.875. The fourth-order valence-electron chi connectivity index (χ4n) is 2.82. The summed E-state index contributed by atoms with van der Waals surface area (Å²) in [4.78, 5) is 17.8. The third-order valence-electron chi connectivity index (χ3n) is 4.13. The van der Waals surface area contributed by atoms with Crippen LogP contribution in [0.3, 0.4) is 0 Å². The molecule has 0 saturated carbocycles. The van der Waals surface area contributed by atoms with Gasteiger partial charge in [-0.15, -0.1) is 24.0 Å². The van der Waals surface area contributed by atoms with Crippen LogP contribution in [0.2, 0.25) is 0 Å². The number of nitrogens with one attached hydrogen (secondary N) is 1. The second-order valence-corrected chi connectivity index (χ2v) is 6.00. The van der Waals surface area contributed by atoms with E-state index < -0.39 is 0 Å². The van der Waals surface area contributed by atoms with Gasteiger partial charge in [0, 0.05) is 32.3 Å². The number of halogens is 1. The molecule has 1 amide bonds. The van der Waals surface area contributed by atoms with E-state index in [9.17, 15) is 4.79 Å². The molecule has 0 aromatic rings. The molecule has 24 heavy (non-hydrogen) atoms. The average Bonchev–Trinajstić information content (AvgIpc) is 2.54. The maximum absolute atomic E-state index is 11.6. The van der Waals surface area contributed by atoms with Crippen LogP contribution in [0.1, 0.15) is 46.0 Å². The number of rotatable bonds is 8. The van der Waals surface area contributed by atoms with E-state index in [1.54, 1.807) is 4.90 Å². The highest BCUT2D eigenvalue weighted by atomic mass is 127. The molecule has 0 aromatic carbocycles. The first-order valence-corrected chi connectivity index (χ1v) is 8.69. The largest absolute Gasteiger partial charge is 0.450 e. The lowest BCUT2D eigenvalue weighted by Crippen LogP contribution is -2.48. The minimum absolute atomic E-state index is 0. The molecule has 1 heterocycles. The van der Waals surface area contributed by atoms with Crippen molar-refractivity contribution < 1.29 is 14.6 Å². The molecule has 7 nitrogen and oxygen atoms in total. The van der Waals surface area contributed by atoms with E-state index in [4.69, 9.17) is 15.6 Å². The molecule has 1 unspecified atom stereocenters. The molecule has 1 rings (SSSR count). The topological polar surface area (TPSA) is 100 Å². The number of piperidine rings is 1. The van der Waals surface area contributed by atoms with Crippen molar-refractivity contribution >= 4 is 36.0 Å². The number of nitrogens with zero attached hydrogens (tertiary/aromatic N) is 2. The van der Waals surface area contributed by atoms with Crippen molar-refractivity contribution in [1.29, 1.82) is 0 Å². The zero-order chi connectivity index (χ0) is 17.1. The number of aliphatic imine (C=N–C) groups is 1. The summed E-state index contributed by atoms with van der Waals surface area (Å²) < 4.78 is 5.01. The SMILES string of the molecule is CCCC(CCO)CN=C(N)NC1CCN(C(=O)OCC)CC1.I. The van der Waals surface area contributed by atoms with Crippen molar-refractivity contribution in [1.82, 2.24) is 10.2 Å². The van der Waals surface area contributed by atoms with Crippen LogP contribution in [-0.2, 0) is 4.74 Å². The summed E-state index contributed by atoms with van der Waals surface area (Å²) in [7, 11) is 0. The molecular formula is C16H33IN4O3. The molecule has 1 saturated heterocycles. The second kappa shape index (κ2) is 13.5. The molecular weight excluding hydrogens is 423 g/mol. The molecule has 4 N–H and O–H groups in total. The predicted molar refractivity (Wildman–Crippen MR) is 107 cm³/mol. The summed E-state index contributed by atoms with van der Waals surface area (Å²) in [6.45, 7) is 6.54. The van der Waals surface area contributed by atoms with Gasteiger partial charge in [-0.3, -0.25) is 4.99 Å². The number of nitrogens with two attached hydrogens (primary N) is 1. The quantitative estimate of drug-likeness (QED) is 0.295. The van der Waals surface area contributed by atoms with E-state index >= 15 is 0 Å². The lowest BCUT2D eigenvalue weighted by Gasteiger charge is -2.31. The molecule has 0 aliphatic carbocycles. The third-order valence-corrected chi connectivity index (χ3v) is 4.13. The molecule has 0 aromatic heterocycles. The van der Waals surface area contributed by atoms with Crippen molar-refractivity contribution in [2.75, 3.05) is 32.8 Å². The molecule has 0 bridgehead atoms. The van der Waals surface area contributed by atoms with Crippen LogP contribution < -0.4 is 11.1 Å². The van der Waals surface area contributed by atoms with Gasteiger partial charge in [-0.25, -0.2) is 4.79 Å². The van der Waals surface area contributed by atoms with Crippen LogP contribution in [0, 0.1) is 5.92 Å². The minimum Gasteiger partial charge on any atom is -0.450 e. The van der Waals surface area contributed by atoms with Crippen LogP contribution in [0.15, 0.2) is 4.99 Å². The number of hydrogen-bond acceptors (Lipinski definition) is 4. The normalized spacial score (nSPS) is 17.1. The number of ether oxygens (including phenoxy) is 1. The highest BCUT2D eigenvalue weighted by molar-refractivity contribution is 14.0. The molecule has 8 heteroatoms. The van der Waals surface area contributed by atoms with Crippen molar-refractivity contribution in [3.8, 4) is 0 Å². The number of amides is 1. The Bertz CT molecular complexity index is 368. The van der Waals surface area contributed by atoms with Gasteiger partial charge in [0.15, 0.2) is 5.96 Å². The number of carbonyl (C=O) groups excluding carboxylic acids is 1. The van der Waals surface area contributed by atoms with Gasteiger partial charge in [-0.1, -0.05) is 13.3 Å². The maximum Gasteiger partial charge on any atom is 0.409 e. The van der Waals surface area contributed by atoms with E-state index in [-0.39, 0.29) is 42.7 Å². The lowest BCUT2D eigenvalue weighted by molar-refractivity contribution is 0.0963. The molecule has 0 spiro atoms. The lowest BCUT2D eigenvalue weighted by atomic mass is 10.0. The highest BCUT2D eigenvalue weighted by Crippen LogP contribution is 2.12. The Balaban J connectivity index is 0.00000529. The number of likely N-dealkylation sites (tertiary alicyclic amines) is 1. The van der Waals surface area contributed by atoms with E-state index in [0.29, 0.717) is 38.1 Å². The van der Waals surface area contributed by atoms with E-state index in [0.717, 1.165) is 32.1 Å². The number of aliphatic hydroxyl groups is 1. The van der Waals surface area contributed by atoms with Crippen LogP contribution >= 0.6 is 24.0 Å². The Kier molecular flexibility index (Phi) is 13.1. The zero-order valence-corrected chi connectivity index (χ0v) is 17.2. The first kappa shape index (κ1) is 23.2. The van der Waals surface area contributed by atoms with Crippen molar-refractivity contribution in [2.45, 2.75) is 52.0 Å². The van der Waals surface area contributed by atoms with Crippen LogP contribution in [0.25, 0.3) is 0 Å². The molecule has 1 aliphatic heterocycles. The molecule has 142 valence electrons. The van der Waals surface area contributed by atoms with Crippen LogP contribution in [0.4, 0.5) is 4.79 Å². The standard InChI is InChI=1S/C16H32N4O3.HI/c1-3-5-13(8-11-21)12-18-15(17)19-14-6-9-20(10-7-14)16(22)23-4-2;/h13-14,21H,3-12H2,1-2H3,(H3,17,18,19);1H. The maximum atomic E-state index is 11.6.